The molecule has 0 aliphatic carbocycles. The normalized spacial score (nSPS) is 15.8. The smallest absolute Gasteiger partial charge is 0.245 e. The lowest BCUT2D eigenvalue weighted by Crippen LogP contribution is -2.61. The molecule has 0 aliphatic heterocycles. The van der Waals surface area contributed by atoms with Gasteiger partial charge in [0.1, 0.15) is 36.5 Å². The summed E-state index contributed by atoms with van der Waals surface area (Å²) in [6.45, 7) is 10.6. The SMILES string of the molecule is CCC[C@H](NC(=O)[C@@H](NC(=O)[C@H](C)NC)[C@@H](C)O)C(=O)N[C@H](C(=O)N[C@@H](C)C(=O)N[C@@H](CCCN=C(N)N)C(=O)N[C@H](C=O)CCCC[N+](C)(C)C)C(C)C. The number of carbonyl (C=O) groups excluding carboxylic acids is 7. The van der Waals surface area contributed by atoms with Crippen LogP contribution in [0.2, 0.25) is 0 Å². The molecule has 316 valence electrons. The second kappa shape index (κ2) is 25.7. The molecule has 0 rings (SSSR count). The van der Waals surface area contributed by atoms with Crippen molar-refractivity contribution in [3.05, 3.63) is 0 Å². The Kier molecular flexibility index (Phi) is 23.6. The summed E-state index contributed by atoms with van der Waals surface area (Å²) in [5.74, 6) is -4.53. The minimum absolute atomic E-state index is 0.126. The van der Waals surface area contributed by atoms with E-state index >= 15 is 0 Å². The van der Waals surface area contributed by atoms with Crippen LogP contribution in [-0.2, 0) is 33.6 Å². The number of hydrogen-bond acceptors (Lipinski definition) is 10. The first-order valence-corrected chi connectivity index (χ1v) is 19.1. The Bertz CT molecular complexity index is 1280. The zero-order valence-electron chi connectivity index (χ0n) is 34.5. The molecule has 55 heavy (non-hydrogen) atoms. The second-order valence-electron chi connectivity index (χ2n) is 15.3. The molecule has 0 aliphatic rings. The Hall–Kier alpha value is -4.36. The van der Waals surface area contributed by atoms with Crippen molar-refractivity contribution >= 4 is 47.7 Å². The van der Waals surface area contributed by atoms with Gasteiger partial charge in [-0.05, 0) is 72.3 Å². The molecule has 0 bridgehead atoms. The highest BCUT2D eigenvalue weighted by molar-refractivity contribution is 5.97. The number of guanidine groups is 1. The predicted octanol–water partition coefficient (Wildman–Crippen LogP) is -2.51. The Morgan fingerprint density at radius 3 is 1.71 bits per heavy atom. The van der Waals surface area contributed by atoms with Gasteiger partial charge in [0.25, 0.3) is 0 Å². The van der Waals surface area contributed by atoms with E-state index < -0.39 is 89.8 Å². The van der Waals surface area contributed by atoms with E-state index in [9.17, 15) is 38.7 Å². The van der Waals surface area contributed by atoms with Gasteiger partial charge < -0.3 is 63.1 Å². The lowest BCUT2D eigenvalue weighted by molar-refractivity contribution is -0.870. The Labute approximate surface area is 326 Å². The van der Waals surface area contributed by atoms with E-state index in [0.29, 0.717) is 32.0 Å². The minimum Gasteiger partial charge on any atom is -0.391 e. The molecule has 19 heteroatoms. The Morgan fingerprint density at radius 1 is 0.673 bits per heavy atom. The molecule has 0 heterocycles. The lowest BCUT2D eigenvalue weighted by atomic mass is 10.0. The van der Waals surface area contributed by atoms with Crippen LogP contribution in [0.25, 0.3) is 0 Å². The number of aliphatic hydroxyl groups excluding tert-OH is 1. The molecular weight excluding hydrogens is 714 g/mol. The summed E-state index contributed by atoms with van der Waals surface area (Å²) in [4.78, 5) is 94.9. The third kappa shape index (κ3) is 20.8. The van der Waals surface area contributed by atoms with E-state index in [-0.39, 0.29) is 25.3 Å². The standard InChI is InChI=1S/C36H69N11O8/c1-11-15-26(44-35(55)29(24(6)49)46-30(50)22(4)39-7)33(53)45-28(21(2)3)34(54)41-23(5)31(51)43-27(17-14-18-40-36(37)38)32(52)42-25(20-48)16-12-13-19-47(8,9)10/h20-29,39,49H,11-19H2,1-10H3,(H9-,37,38,40,41,42,43,44,45,46,50,51,52,53,54,55)/p+1/t22-,23-,24+,25-,26-,27-,28-,29-/m0/s1. The van der Waals surface area contributed by atoms with Gasteiger partial charge in [-0.3, -0.25) is 33.8 Å². The van der Waals surface area contributed by atoms with E-state index in [0.717, 1.165) is 17.4 Å². The summed E-state index contributed by atoms with van der Waals surface area (Å²) >= 11 is 0. The van der Waals surface area contributed by atoms with Crippen LogP contribution < -0.4 is 48.7 Å². The van der Waals surface area contributed by atoms with Gasteiger partial charge >= 0.3 is 0 Å². The maximum absolute atomic E-state index is 13.5. The average molecular weight is 785 g/mol. The van der Waals surface area contributed by atoms with E-state index in [1.54, 1.807) is 34.7 Å². The molecule has 19 nitrogen and oxygen atoms in total. The number of likely N-dealkylation sites (N-methyl/N-ethyl adjacent to an activating group) is 1. The minimum atomic E-state index is -1.35. The molecule has 0 aromatic rings. The predicted molar refractivity (Wildman–Crippen MR) is 210 cm³/mol. The van der Waals surface area contributed by atoms with Crippen LogP contribution in [-0.4, -0.2) is 147 Å². The molecule has 8 atom stereocenters. The molecule has 0 saturated heterocycles. The number of carbonyl (C=O) groups is 7. The van der Waals surface area contributed by atoms with E-state index in [1.165, 1.54) is 13.8 Å². The van der Waals surface area contributed by atoms with Crippen molar-refractivity contribution in [2.24, 2.45) is 22.4 Å². The number of nitrogens with one attached hydrogen (secondary N) is 7. The number of hydrogen-bond donors (Lipinski definition) is 10. The first kappa shape index (κ1) is 50.6. The highest BCUT2D eigenvalue weighted by Crippen LogP contribution is 2.08. The quantitative estimate of drug-likeness (QED) is 0.0137. The van der Waals surface area contributed by atoms with Gasteiger partial charge in [-0.2, -0.15) is 0 Å². The summed E-state index contributed by atoms with van der Waals surface area (Å²) in [5.41, 5.74) is 10.8. The highest BCUT2D eigenvalue weighted by atomic mass is 16.3. The largest absolute Gasteiger partial charge is 0.391 e. The fourth-order valence-corrected chi connectivity index (χ4v) is 5.27. The fourth-order valence-electron chi connectivity index (χ4n) is 5.27. The van der Waals surface area contributed by atoms with Gasteiger partial charge in [0.05, 0.1) is 45.9 Å². The average Bonchev–Trinajstić information content (AvgIpc) is 3.09. The summed E-state index contributed by atoms with van der Waals surface area (Å²) < 4.78 is 0.767. The van der Waals surface area contributed by atoms with E-state index in [2.05, 4.69) is 63.4 Å². The number of rotatable bonds is 27. The molecule has 0 aromatic heterocycles. The number of nitrogens with zero attached hydrogens (tertiary/aromatic N) is 2. The molecule has 0 radical (unpaired) electrons. The molecule has 0 fully saturated rings. The summed E-state index contributed by atoms with van der Waals surface area (Å²) in [5, 5.41) is 28.6. The number of nitrogens with two attached hydrogens (primary N) is 2. The third-order valence-electron chi connectivity index (χ3n) is 8.76. The van der Waals surface area contributed by atoms with Crippen LogP contribution in [0, 0.1) is 5.92 Å². The van der Waals surface area contributed by atoms with Gasteiger partial charge in [-0.25, -0.2) is 0 Å². The van der Waals surface area contributed by atoms with Crippen molar-refractivity contribution in [3.63, 3.8) is 0 Å². The van der Waals surface area contributed by atoms with Crippen LogP contribution >= 0.6 is 0 Å². The number of aliphatic imine (C=N–C) groups is 1. The maximum Gasteiger partial charge on any atom is 0.245 e. The molecule has 12 N–H and O–H groups in total. The van der Waals surface area contributed by atoms with Crippen molar-refractivity contribution in [3.8, 4) is 0 Å². The molecular formula is C36H70N11O8+. The molecule has 0 spiro atoms. The Balaban J connectivity index is 5.79. The number of aliphatic hydroxyl groups is 1. The molecule has 0 unspecified atom stereocenters. The van der Waals surface area contributed by atoms with Gasteiger partial charge in [0.15, 0.2) is 5.96 Å². The van der Waals surface area contributed by atoms with Crippen LogP contribution in [0.5, 0.6) is 0 Å². The van der Waals surface area contributed by atoms with Crippen molar-refractivity contribution in [2.75, 3.05) is 41.3 Å². The van der Waals surface area contributed by atoms with Crippen molar-refractivity contribution in [1.29, 1.82) is 0 Å². The number of quaternary nitrogens is 1. The van der Waals surface area contributed by atoms with Crippen molar-refractivity contribution in [2.45, 2.75) is 135 Å². The topological polar surface area (TPSA) is 288 Å². The molecule has 6 amide bonds. The summed E-state index contributed by atoms with van der Waals surface area (Å²) in [7, 11) is 7.76. The number of aldehydes is 1. The number of unbranched alkanes of at least 4 members (excludes halogenated alkanes) is 1. The zero-order valence-corrected chi connectivity index (χ0v) is 34.5. The highest BCUT2D eigenvalue weighted by Gasteiger charge is 2.34. The monoisotopic (exact) mass is 785 g/mol. The number of amides is 6. The second-order valence-corrected chi connectivity index (χ2v) is 15.3. The maximum atomic E-state index is 13.5. The molecule has 0 saturated carbocycles. The molecule has 0 aromatic carbocycles. The van der Waals surface area contributed by atoms with Gasteiger partial charge in [0.2, 0.25) is 35.4 Å². The van der Waals surface area contributed by atoms with Crippen LogP contribution in [0.3, 0.4) is 0 Å². The zero-order chi connectivity index (χ0) is 42.5. The fraction of sp³-hybridized carbons (Fsp3) is 0.778. The lowest BCUT2D eigenvalue weighted by Gasteiger charge is -2.28. The summed E-state index contributed by atoms with van der Waals surface area (Å²) in [6, 6.07) is -7.23. The van der Waals surface area contributed by atoms with Gasteiger partial charge in [-0.1, -0.05) is 27.2 Å². The van der Waals surface area contributed by atoms with Gasteiger partial charge in [-0.15, -0.1) is 0 Å². The summed E-state index contributed by atoms with van der Waals surface area (Å²) in [6.07, 6.45) is 2.48. The van der Waals surface area contributed by atoms with E-state index in [1.807, 2.05) is 0 Å². The van der Waals surface area contributed by atoms with Crippen LogP contribution in [0.15, 0.2) is 4.99 Å². The van der Waals surface area contributed by atoms with E-state index in [4.69, 9.17) is 11.5 Å². The van der Waals surface area contributed by atoms with Crippen molar-refractivity contribution < 1.29 is 43.2 Å². The first-order valence-electron chi connectivity index (χ1n) is 19.1. The Morgan fingerprint density at radius 2 is 1.20 bits per heavy atom. The first-order chi connectivity index (χ1) is 25.6. The van der Waals surface area contributed by atoms with Crippen LogP contribution in [0.4, 0.5) is 0 Å². The van der Waals surface area contributed by atoms with Crippen LogP contribution in [0.1, 0.15) is 86.5 Å². The van der Waals surface area contributed by atoms with Crippen molar-refractivity contribution in [1.82, 2.24) is 37.2 Å². The third-order valence-corrected chi connectivity index (χ3v) is 8.76. The van der Waals surface area contributed by atoms with Gasteiger partial charge in [0, 0.05) is 6.54 Å².